The maximum atomic E-state index is 13.2. The van der Waals surface area contributed by atoms with E-state index in [9.17, 15) is 13.2 Å². The molecule has 0 spiro atoms. The summed E-state index contributed by atoms with van der Waals surface area (Å²) in [5.41, 5.74) is 3.71. The minimum absolute atomic E-state index is 0.0801. The first-order chi connectivity index (χ1) is 16.3. The standard InChI is InChI=1S/C27H31N3O3S/c1-21-13-14-22(2)25(19-21)34(32,33)30-17-15-29(16-18-30)20-26(31)28-27(23-9-5-3-6-10-23)24-11-7-4-8-12-24/h3-14,19,27H,15-18,20H2,1-2H3,(H,28,31). The number of amides is 1. The Balaban J connectivity index is 1.39. The number of piperazine rings is 1. The Morgan fingerprint density at radius 1 is 0.853 bits per heavy atom. The van der Waals surface area contributed by atoms with E-state index in [2.05, 4.69) is 5.32 Å². The number of benzene rings is 3. The van der Waals surface area contributed by atoms with Crippen LogP contribution >= 0.6 is 0 Å². The van der Waals surface area contributed by atoms with Gasteiger partial charge in [0.15, 0.2) is 0 Å². The average Bonchev–Trinajstić information content (AvgIpc) is 2.85. The minimum Gasteiger partial charge on any atom is -0.344 e. The number of rotatable bonds is 7. The summed E-state index contributed by atoms with van der Waals surface area (Å²) in [7, 11) is -3.55. The number of hydrogen-bond donors (Lipinski definition) is 1. The summed E-state index contributed by atoms with van der Waals surface area (Å²) in [5.74, 6) is -0.0801. The number of carbonyl (C=O) groups is 1. The average molecular weight is 478 g/mol. The van der Waals surface area contributed by atoms with Gasteiger partial charge in [0, 0.05) is 26.2 Å². The van der Waals surface area contributed by atoms with Crippen LogP contribution in [0.3, 0.4) is 0 Å². The molecule has 7 heteroatoms. The molecule has 0 bridgehead atoms. The molecule has 3 aromatic carbocycles. The third-order valence-electron chi connectivity index (χ3n) is 6.23. The monoisotopic (exact) mass is 477 g/mol. The Labute approximate surface area is 202 Å². The van der Waals surface area contributed by atoms with Gasteiger partial charge in [-0.1, -0.05) is 72.8 Å². The predicted molar refractivity (Wildman–Crippen MR) is 134 cm³/mol. The van der Waals surface area contributed by atoms with Crippen LogP contribution in [0.4, 0.5) is 0 Å². The number of carbonyl (C=O) groups excluding carboxylic acids is 1. The lowest BCUT2D eigenvalue weighted by molar-refractivity contribution is -0.123. The zero-order valence-corrected chi connectivity index (χ0v) is 20.5. The van der Waals surface area contributed by atoms with Crippen LogP contribution in [0.1, 0.15) is 28.3 Å². The second-order valence-corrected chi connectivity index (χ2v) is 10.7. The molecule has 0 radical (unpaired) electrons. The van der Waals surface area contributed by atoms with E-state index < -0.39 is 10.0 Å². The first kappa shape index (κ1) is 24.1. The molecule has 1 N–H and O–H groups in total. The van der Waals surface area contributed by atoms with Crippen molar-refractivity contribution in [2.75, 3.05) is 32.7 Å². The normalized spacial score (nSPS) is 15.4. The van der Waals surface area contributed by atoms with Gasteiger partial charge in [-0.15, -0.1) is 0 Å². The molecule has 3 aromatic rings. The van der Waals surface area contributed by atoms with Crippen molar-refractivity contribution in [2.24, 2.45) is 0 Å². The lowest BCUT2D eigenvalue weighted by Gasteiger charge is -2.34. The fourth-order valence-electron chi connectivity index (χ4n) is 4.31. The molecule has 0 unspecified atom stereocenters. The summed E-state index contributed by atoms with van der Waals surface area (Å²) in [6, 6.07) is 25.1. The van der Waals surface area contributed by atoms with Gasteiger partial charge < -0.3 is 5.32 Å². The van der Waals surface area contributed by atoms with Crippen LogP contribution in [-0.2, 0) is 14.8 Å². The van der Waals surface area contributed by atoms with Gasteiger partial charge in [-0.05, 0) is 42.2 Å². The zero-order chi connectivity index (χ0) is 24.1. The Morgan fingerprint density at radius 3 is 1.97 bits per heavy atom. The van der Waals surface area contributed by atoms with E-state index >= 15 is 0 Å². The SMILES string of the molecule is Cc1ccc(C)c(S(=O)(=O)N2CCN(CC(=O)NC(c3ccccc3)c3ccccc3)CC2)c1. The van der Waals surface area contributed by atoms with Crippen molar-refractivity contribution in [3.8, 4) is 0 Å². The fourth-order valence-corrected chi connectivity index (χ4v) is 6.04. The van der Waals surface area contributed by atoms with Gasteiger partial charge in [-0.25, -0.2) is 8.42 Å². The maximum Gasteiger partial charge on any atom is 0.243 e. The van der Waals surface area contributed by atoms with E-state index in [4.69, 9.17) is 0 Å². The molecule has 0 saturated carbocycles. The van der Waals surface area contributed by atoms with E-state index in [0.717, 1.165) is 22.3 Å². The Hall–Kier alpha value is -3.00. The molecule has 4 rings (SSSR count). The van der Waals surface area contributed by atoms with Crippen molar-refractivity contribution in [2.45, 2.75) is 24.8 Å². The molecule has 1 heterocycles. The molecule has 6 nitrogen and oxygen atoms in total. The fraction of sp³-hybridized carbons (Fsp3) is 0.296. The van der Waals surface area contributed by atoms with E-state index in [1.165, 1.54) is 4.31 Å². The summed E-state index contributed by atoms with van der Waals surface area (Å²) in [6.07, 6.45) is 0. The van der Waals surface area contributed by atoms with Gasteiger partial charge in [0.05, 0.1) is 17.5 Å². The molecule has 1 aliphatic rings. The molecule has 1 fully saturated rings. The smallest absolute Gasteiger partial charge is 0.243 e. The van der Waals surface area contributed by atoms with Gasteiger partial charge in [-0.3, -0.25) is 9.69 Å². The Kier molecular flexibility index (Phi) is 7.46. The van der Waals surface area contributed by atoms with Gasteiger partial charge in [0.2, 0.25) is 15.9 Å². The number of sulfonamides is 1. The van der Waals surface area contributed by atoms with E-state index in [0.29, 0.717) is 31.1 Å². The summed E-state index contributed by atoms with van der Waals surface area (Å²) in [4.78, 5) is 15.3. The lowest BCUT2D eigenvalue weighted by atomic mass is 9.99. The first-order valence-electron chi connectivity index (χ1n) is 11.5. The molecule has 1 saturated heterocycles. The molecular weight excluding hydrogens is 446 g/mol. The van der Waals surface area contributed by atoms with Crippen molar-refractivity contribution >= 4 is 15.9 Å². The minimum atomic E-state index is -3.55. The quantitative estimate of drug-likeness (QED) is 0.565. The van der Waals surface area contributed by atoms with Crippen molar-refractivity contribution in [3.63, 3.8) is 0 Å². The number of hydrogen-bond acceptors (Lipinski definition) is 4. The Morgan fingerprint density at radius 2 is 1.41 bits per heavy atom. The van der Waals surface area contributed by atoms with Crippen LogP contribution < -0.4 is 5.32 Å². The topological polar surface area (TPSA) is 69.7 Å². The third kappa shape index (κ3) is 5.55. The van der Waals surface area contributed by atoms with Crippen molar-refractivity contribution in [1.82, 2.24) is 14.5 Å². The molecule has 178 valence electrons. The van der Waals surface area contributed by atoms with E-state index in [1.54, 1.807) is 6.07 Å². The molecule has 0 aromatic heterocycles. The van der Waals surface area contributed by atoms with Gasteiger partial charge in [0.1, 0.15) is 0 Å². The van der Waals surface area contributed by atoms with Crippen LogP contribution in [-0.4, -0.2) is 56.3 Å². The van der Waals surface area contributed by atoms with Crippen LogP contribution in [0, 0.1) is 13.8 Å². The number of nitrogens with zero attached hydrogens (tertiary/aromatic N) is 2. The summed E-state index contributed by atoms with van der Waals surface area (Å²) < 4.78 is 27.9. The van der Waals surface area contributed by atoms with E-state index in [1.807, 2.05) is 91.5 Å². The molecule has 0 atom stereocenters. The molecule has 0 aliphatic carbocycles. The lowest BCUT2D eigenvalue weighted by Crippen LogP contribution is -2.51. The second kappa shape index (κ2) is 10.5. The van der Waals surface area contributed by atoms with Crippen LogP contribution in [0.2, 0.25) is 0 Å². The largest absolute Gasteiger partial charge is 0.344 e. The highest BCUT2D eigenvalue weighted by Gasteiger charge is 2.30. The van der Waals surface area contributed by atoms with Crippen LogP contribution in [0.5, 0.6) is 0 Å². The predicted octanol–water partition coefficient (Wildman–Crippen LogP) is 3.52. The number of aryl methyl sites for hydroxylation is 2. The second-order valence-electron chi connectivity index (χ2n) is 8.77. The summed E-state index contributed by atoms with van der Waals surface area (Å²) in [6.45, 7) is 5.70. The van der Waals surface area contributed by atoms with Gasteiger partial charge in [0.25, 0.3) is 0 Å². The van der Waals surface area contributed by atoms with Gasteiger partial charge >= 0.3 is 0 Å². The van der Waals surface area contributed by atoms with Crippen molar-refractivity contribution < 1.29 is 13.2 Å². The van der Waals surface area contributed by atoms with Crippen molar-refractivity contribution in [3.05, 3.63) is 101 Å². The third-order valence-corrected chi connectivity index (χ3v) is 8.27. The molecule has 1 aliphatic heterocycles. The number of nitrogens with one attached hydrogen (secondary N) is 1. The van der Waals surface area contributed by atoms with E-state index in [-0.39, 0.29) is 18.5 Å². The summed E-state index contributed by atoms with van der Waals surface area (Å²) >= 11 is 0. The molecular formula is C27H31N3O3S. The molecule has 34 heavy (non-hydrogen) atoms. The highest BCUT2D eigenvalue weighted by Crippen LogP contribution is 2.23. The van der Waals surface area contributed by atoms with Crippen LogP contribution in [0.25, 0.3) is 0 Å². The van der Waals surface area contributed by atoms with Crippen LogP contribution in [0.15, 0.2) is 83.8 Å². The maximum absolute atomic E-state index is 13.2. The molecule has 1 amide bonds. The Bertz CT molecular complexity index is 1180. The van der Waals surface area contributed by atoms with Crippen molar-refractivity contribution in [1.29, 1.82) is 0 Å². The zero-order valence-electron chi connectivity index (χ0n) is 19.6. The summed E-state index contributed by atoms with van der Waals surface area (Å²) in [5, 5.41) is 3.17. The van der Waals surface area contributed by atoms with Gasteiger partial charge in [-0.2, -0.15) is 4.31 Å². The first-order valence-corrected chi connectivity index (χ1v) is 13.0. The highest BCUT2D eigenvalue weighted by atomic mass is 32.2. The highest BCUT2D eigenvalue weighted by molar-refractivity contribution is 7.89.